The zero-order valence-corrected chi connectivity index (χ0v) is 26.4. The van der Waals surface area contributed by atoms with Gasteiger partial charge in [-0.1, -0.05) is 96.0 Å². The summed E-state index contributed by atoms with van der Waals surface area (Å²) in [6.07, 6.45) is 0.0127. The number of halogens is 2. The number of dihydropyridines is 1. The van der Waals surface area contributed by atoms with Gasteiger partial charge in [0.2, 0.25) is 0 Å². The van der Waals surface area contributed by atoms with E-state index in [4.69, 9.17) is 27.9 Å². The van der Waals surface area contributed by atoms with Gasteiger partial charge in [-0.05, 0) is 29.7 Å². The van der Waals surface area contributed by atoms with Crippen molar-refractivity contribution in [3.05, 3.63) is 127 Å². The number of benzene rings is 3. The largest absolute Gasteiger partial charge is 0.461 e. The van der Waals surface area contributed by atoms with Crippen LogP contribution >= 0.6 is 23.2 Å². The molecule has 0 aromatic heterocycles. The molecule has 0 unspecified atom stereocenters. The first kappa shape index (κ1) is 31.3. The maximum absolute atomic E-state index is 13.3. The van der Waals surface area contributed by atoms with Crippen molar-refractivity contribution in [1.29, 1.82) is 0 Å². The van der Waals surface area contributed by atoms with E-state index in [1.807, 2.05) is 53.4 Å². The van der Waals surface area contributed by atoms with Gasteiger partial charge in [-0.25, -0.2) is 13.2 Å². The molecule has 5 rings (SSSR count). The van der Waals surface area contributed by atoms with Crippen molar-refractivity contribution < 1.29 is 17.9 Å². The minimum absolute atomic E-state index is 0.0127. The van der Waals surface area contributed by atoms with E-state index in [0.717, 1.165) is 5.56 Å². The molecule has 10 heteroatoms. The van der Waals surface area contributed by atoms with E-state index >= 15 is 0 Å². The van der Waals surface area contributed by atoms with Crippen molar-refractivity contribution >= 4 is 39.0 Å². The van der Waals surface area contributed by atoms with Gasteiger partial charge in [-0.3, -0.25) is 9.80 Å². The van der Waals surface area contributed by atoms with Gasteiger partial charge in [0.15, 0.2) is 9.84 Å². The summed E-state index contributed by atoms with van der Waals surface area (Å²) in [6, 6.07) is 25.8. The molecule has 3 aromatic carbocycles. The zero-order valence-electron chi connectivity index (χ0n) is 24.1. The second-order valence-corrected chi connectivity index (χ2v) is 13.8. The van der Waals surface area contributed by atoms with Crippen molar-refractivity contribution in [2.24, 2.45) is 0 Å². The molecule has 3 aromatic rings. The maximum atomic E-state index is 13.3. The molecular formula is C33H35Cl2N3O4S. The van der Waals surface area contributed by atoms with Crippen LogP contribution in [0.25, 0.3) is 0 Å². The Kier molecular flexibility index (Phi) is 10.3. The summed E-state index contributed by atoms with van der Waals surface area (Å²) in [6.45, 7) is 5.08. The first-order valence-electron chi connectivity index (χ1n) is 14.2. The third-order valence-corrected chi connectivity index (χ3v) is 10.4. The number of hydrogen-bond donors (Lipinski definition) is 1. The van der Waals surface area contributed by atoms with E-state index in [1.54, 1.807) is 13.0 Å². The van der Waals surface area contributed by atoms with E-state index in [1.165, 1.54) is 11.1 Å². The fourth-order valence-corrected chi connectivity index (χ4v) is 7.38. The lowest BCUT2D eigenvalue weighted by Crippen LogP contribution is -2.33. The Morgan fingerprint density at radius 1 is 0.953 bits per heavy atom. The van der Waals surface area contributed by atoms with Crippen molar-refractivity contribution in [3.63, 3.8) is 0 Å². The van der Waals surface area contributed by atoms with Gasteiger partial charge < -0.3 is 10.1 Å². The van der Waals surface area contributed by atoms with Crippen LogP contribution in [0.4, 0.5) is 0 Å². The lowest BCUT2D eigenvalue weighted by Gasteiger charge is -2.27. The Bertz CT molecular complexity index is 1580. The van der Waals surface area contributed by atoms with Crippen LogP contribution in [0.1, 0.15) is 30.0 Å². The minimum atomic E-state index is -3.59. The van der Waals surface area contributed by atoms with Crippen LogP contribution in [0.2, 0.25) is 10.0 Å². The number of esters is 1. The molecule has 0 bridgehead atoms. The molecular weight excluding hydrogens is 605 g/mol. The molecule has 2 aliphatic rings. The maximum Gasteiger partial charge on any atom is 0.336 e. The number of carbonyl (C=O) groups is 1. The number of sulfone groups is 1. The van der Waals surface area contributed by atoms with Crippen molar-refractivity contribution in [3.8, 4) is 0 Å². The van der Waals surface area contributed by atoms with Crippen LogP contribution in [0, 0.1) is 0 Å². The molecule has 0 atom stereocenters. The molecule has 0 spiro atoms. The number of carbonyl (C=O) groups excluding carboxylic acids is 1. The van der Waals surface area contributed by atoms with Gasteiger partial charge in [0.1, 0.15) is 6.61 Å². The second kappa shape index (κ2) is 14.1. The van der Waals surface area contributed by atoms with Gasteiger partial charge in [-0.2, -0.15) is 0 Å². The third-order valence-electron chi connectivity index (χ3n) is 7.71. The molecule has 2 heterocycles. The Morgan fingerprint density at radius 2 is 1.60 bits per heavy atom. The summed E-state index contributed by atoms with van der Waals surface area (Å²) in [5, 5.41) is 4.15. The van der Waals surface area contributed by atoms with E-state index in [9.17, 15) is 13.2 Å². The van der Waals surface area contributed by atoms with Crippen molar-refractivity contribution in [1.82, 2.24) is 15.1 Å². The highest BCUT2D eigenvalue weighted by Crippen LogP contribution is 2.32. The highest BCUT2D eigenvalue weighted by Gasteiger charge is 2.34. The summed E-state index contributed by atoms with van der Waals surface area (Å²) >= 11 is 12.6. The average Bonchev–Trinajstić information content (AvgIpc) is 3.10. The van der Waals surface area contributed by atoms with Crippen LogP contribution < -0.4 is 5.32 Å². The van der Waals surface area contributed by atoms with Crippen LogP contribution in [0.5, 0.6) is 0 Å². The zero-order chi connectivity index (χ0) is 30.4. The molecule has 0 amide bonds. The highest BCUT2D eigenvalue weighted by molar-refractivity contribution is 7.95. The minimum Gasteiger partial charge on any atom is -0.461 e. The summed E-state index contributed by atoms with van der Waals surface area (Å²) in [4.78, 5) is 17.8. The quantitative estimate of drug-likeness (QED) is 0.275. The van der Waals surface area contributed by atoms with Gasteiger partial charge in [0, 0.05) is 57.1 Å². The molecule has 0 aliphatic carbocycles. The fourth-order valence-electron chi connectivity index (χ4n) is 5.40. The monoisotopic (exact) mass is 639 g/mol. The van der Waals surface area contributed by atoms with Crippen LogP contribution in [0.15, 0.2) is 101 Å². The fraction of sp³-hybridized carbons (Fsp3) is 0.303. The van der Waals surface area contributed by atoms with E-state index in [-0.39, 0.29) is 23.7 Å². The number of hydrogen-bond acceptors (Lipinski definition) is 7. The van der Waals surface area contributed by atoms with Crippen molar-refractivity contribution in [2.75, 3.05) is 32.0 Å². The van der Waals surface area contributed by atoms with Crippen LogP contribution in [-0.4, -0.2) is 56.2 Å². The normalized spacial score (nSPS) is 16.9. The van der Waals surface area contributed by atoms with Gasteiger partial charge >= 0.3 is 5.97 Å². The number of nitrogens with one attached hydrogen (secondary N) is 1. The first-order valence-corrected chi connectivity index (χ1v) is 16.6. The molecule has 2 aliphatic heterocycles. The van der Waals surface area contributed by atoms with Crippen molar-refractivity contribution in [2.45, 2.75) is 33.0 Å². The average molecular weight is 641 g/mol. The number of nitrogens with zero attached hydrogens (tertiary/aromatic N) is 2. The molecule has 1 N–H and O–H groups in total. The number of allylic oxidation sites excluding steroid dienone is 2. The van der Waals surface area contributed by atoms with Crippen LogP contribution in [-0.2, 0) is 39.0 Å². The SMILES string of the molecule is CC1=C(C(=O)OCCN(Cc2ccccc2)Cc2ccccc2)CC2=C(CN(Cc3cccc(Cl)c3Cl)CCS2(=O)=O)N1. The Balaban J connectivity index is 1.23. The number of ether oxygens (including phenoxy) is 1. The molecule has 0 fully saturated rings. The smallest absolute Gasteiger partial charge is 0.336 e. The van der Waals surface area contributed by atoms with E-state index < -0.39 is 15.8 Å². The molecule has 7 nitrogen and oxygen atoms in total. The molecule has 0 radical (unpaired) electrons. The first-order chi connectivity index (χ1) is 20.7. The molecule has 43 heavy (non-hydrogen) atoms. The molecule has 0 saturated carbocycles. The highest BCUT2D eigenvalue weighted by atomic mass is 35.5. The van der Waals surface area contributed by atoms with Gasteiger partial charge in [0.05, 0.1) is 26.3 Å². The Hall–Kier alpha value is -3.14. The predicted molar refractivity (Wildman–Crippen MR) is 171 cm³/mol. The summed E-state index contributed by atoms with van der Waals surface area (Å²) in [7, 11) is -3.59. The van der Waals surface area contributed by atoms with Crippen LogP contribution in [0.3, 0.4) is 0 Å². The lowest BCUT2D eigenvalue weighted by molar-refractivity contribution is -0.139. The topological polar surface area (TPSA) is 79.0 Å². The second-order valence-electron chi connectivity index (χ2n) is 10.9. The third kappa shape index (κ3) is 8.08. The van der Waals surface area contributed by atoms with Gasteiger partial charge in [0.25, 0.3) is 0 Å². The predicted octanol–water partition coefficient (Wildman–Crippen LogP) is 5.95. The Morgan fingerprint density at radius 3 is 2.26 bits per heavy atom. The summed E-state index contributed by atoms with van der Waals surface area (Å²) in [5.41, 5.74) is 4.70. The summed E-state index contributed by atoms with van der Waals surface area (Å²) in [5.74, 6) is -0.556. The Labute approximate surface area is 263 Å². The lowest BCUT2D eigenvalue weighted by atomic mass is 10.1. The van der Waals surface area contributed by atoms with Gasteiger partial charge in [-0.15, -0.1) is 0 Å². The number of rotatable bonds is 10. The van der Waals surface area contributed by atoms with E-state index in [2.05, 4.69) is 34.5 Å². The molecule has 226 valence electrons. The molecule has 0 saturated heterocycles. The van der Waals surface area contributed by atoms with E-state index in [0.29, 0.717) is 66.3 Å². The summed E-state index contributed by atoms with van der Waals surface area (Å²) < 4.78 is 32.4. The standard InChI is InChI=1S/C33H35Cl2N3O4S/c1-24-28(33(39)42-17-15-37(20-25-9-4-2-5-10-25)21-26-11-6-3-7-12-26)19-31-30(36-24)23-38(16-18-43(31,40)41)22-27-13-8-14-29(34)32(27)35/h2-14,36H,15-23H2,1H3.